The number of hydrogen-bond acceptors (Lipinski definition) is 4. The second kappa shape index (κ2) is 6.40. The summed E-state index contributed by atoms with van der Waals surface area (Å²) >= 11 is 0. The third-order valence-electron chi connectivity index (χ3n) is 4.19. The van der Waals surface area contributed by atoms with E-state index >= 15 is 0 Å². The molecule has 0 bridgehead atoms. The molecule has 6 nitrogen and oxygen atoms in total. The largest absolute Gasteiger partial charge is 0.355 e. The van der Waals surface area contributed by atoms with Crippen LogP contribution in [0.15, 0.2) is 30.6 Å². The van der Waals surface area contributed by atoms with Crippen LogP contribution in [0.25, 0.3) is 0 Å². The van der Waals surface area contributed by atoms with Gasteiger partial charge >= 0.3 is 0 Å². The number of amides is 1. The van der Waals surface area contributed by atoms with E-state index in [2.05, 4.69) is 15.0 Å². The lowest BCUT2D eigenvalue weighted by molar-refractivity contribution is 0.0987. The second-order valence-electron chi connectivity index (χ2n) is 6.18. The van der Waals surface area contributed by atoms with Crippen LogP contribution in [0.5, 0.6) is 0 Å². The minimum absolute atomic E-state index is 0.113. The van der Waals surface area contributed by atoms with E-state index in [0.29, 0.717) is 5.69 Å². The Hall–Kier alpha value is -2.37. The smallest absolute Gasteiger partial charge is 0.278 e. The number of aromatic nitrogens is 3. The molecule has 2 aromatic rings. The Balaban J connectivity index is 1.87. The van der Waals surface area contributed by atoms with Crippen LogP contribution in [0.1, 0.15) is 43.2 Å². The van der Waals surface area contributed by atoms with Crippen molar-refractivity contribution in [3.8, 4) is 0 Å². The SMILES string of the molecule is CC(C)n1ccc(C(=O)N(C)c2cccnc2N2CCCC2)n1. The Bertz CT molecular complexity index is 688. The molecule has 122 valence electrons. The molecule has 1 aliphatic rings. The average Bonchev–Trinajstić information content (AvgIpc) is 3.24. The molecule has 6 heteroatoms. The van der Waals surface area contributed by atoms with Crippen molar-refractivity contribution in [2.45, 2.75) is 32.7 Å². The first-order valence-corrected chi connectivity index (χ1v) is 8.11. The Morgan fingerprint density at radius 1 is 1.26 bits per heavy atom. The van der Waals surface area contributed by atoms with Gasteiger partial charge in [-0.2, -0.15) is 5.10 Å². The summed E-state index contributed by atoms with van der Waals surface area (Å²) in [4.78, 5) is 21.1. The molecule has 3 heterocycles. The summed E-state index contributed by atoms with van der Waals surface area (Å²) in [6.45, 7) is 6.07. The van der Waals surface area contributed by atoms with Crippen LogP contribution in [0.3, 0.4) is 0 Å². The van der Waals surface area contributed by atoms with Gasteiger partial charge in [-0.05, 0) is 44.9 Å². The first-order valence-electron chi connectivity index (χ1n) is 8.11. The third-order valence-corrected chi connectivity index (χ3v) is 4.19. The van der Waals surface area contributed by atoms with Crippen molar-refractivity contribution in [3.63, 3.8) is 0 Å². The summed E-state index contributed by atoms with van der Waals surface area (Å²) in [5, 5.41) is 4.37. The fraction of sp³-hybridized carbons (Fsp3) is 0.471. The van der Waals surface area contributed by atoms with Gasteiger partial charge in [-0.25, -0.2) is 4.98 Å². The number of carbonyl (C=O) groups excluding carboxylic acids is 1. The predicted octanol–water partition coefficient (Wildman–Crippen LogP) is 2.74. The standard InChI is InChI=1S/C17H23N5O/c1-13(2)22-12-8-14(19-22)17(23)20(3)15-7-6-9-18-16(15)21-10-4-5-11-21/h6-9,12-13H,4-5,10-11H2,1-3H3. The van der Waals surface area contributed by atoms with Crippen molar-refractivity contribution in [2.24, 2.45) is 0 Å². The van der Waals surface area contributed by atoms with Crippen molar-refractivity contribution in [1.29, 1.82) is 0 Å². The highest BCUT2D eigenvalue weighted by Crippen LogP contribution is 2.29. The first-order chi connectivity index (χ1) is 11.1. The van der Waals surface area contributed by atoms with E-state index < -0.39 is 0 Å². The number of hydrogen-bond donors (Lipinski definition) is 0. The van der Waals surface area contributed by atoms with E-state index in [1.165, 1.54) is 12.8 Å². The highest BCUT2D eigenvalue weighted by molar-refractivity contribution is 6.05. The maximum atomic E-state index is 12.8. The van der Waals surface area contributed by atoms with E-state index in [-0.39, 0.29) is 11.9 Å². The Labute approximate surface area is 136 Å². The molecule has 0 unspecified atom stereocenters. The van der Waals surface area contributed by atoms with Gasteiger partial charge in [0.2, 0.25) is 0 Å². The Morgan fingerprint density at radius 3 is 2.65 bits per heavy atom. The molecule has 3 rings (SSSR count). The number of rotatable bonds is 4. The van der Waals surface area contributed by atoms with Gasteiger partial charge < -0.3 is 9.80 Å². The summed E-state index contributed by atoms with van der Waals surface area (Å²) in [6, 6.07) is 5.81. The molecular weight excluding hydrogens is 290 g/mol. The molecule has 0 radical (unpaired) electrons. The van der Waals surface area contributed by atoms with Gasteiger partial charge in [-0.3, -0.25) is 9.48 Å². The molecular formula is C17H23N5O. The van der Waals surface area contributed by atoms with Crippen molar-refractivity contribution >= 4 is 17.4 Å². The van der Waals surface area contributed by atoms with Crippen molar-refractivity contribution < 1.29 is 4.79 Å². The zero-order valence-electron chi connectivity index (χ0n) is 13.9. The highest BCUT2D eigenvalue weighted by Gasteiger charge is 2.23. The van der Waals surface area contributed by atoms with E-state index in [1.54, 1.807) is 28.9 Å². The maximum absolute atomic E-state index is 12.8. The molecule has 0 atom stereocenters. The van der Waals surface area contributed by atoms with Crippen LogP contribution in [0.4, 0.5) is 11.5 Å². The van der Waals surface area contributed by atoms with Gasteiger partial charge in [0.1, 0.15) is 0 Å². The van der Waals surface area contributed by atoms with Crippen molar-refractivity contribution in [3.05, 3.63) is 36.3 Å². The van der Waals surface area contributed by atoms with Crippen LogP contribution in [-0.2, 0) is 0 Å². The zero-order valence-corrected chi connectivity index (χ0v) is 13.9. The summed E-state index contributed by atoms with van der Waals surface area (Å²) in [6.07, 6.45) is 5.97. The Kier molecular flexibility index (Phi) is 4.32. The molecule has 23 heavy (non-hydrogen) atoms. The minimum Gasteiger partial charge on any atom is -0.355 e. The number of nitrogens with zero attached hydrogens (tertiary/aromatic N) is 5. The molecule has 0 aromatic carbocycles. The quantitative estimate of drug-likeness (QED) is 0.871. The summed E-state index contributed by atoms with van der Waals surface area (Å²) in [5.74, 6) is 0.766. The normalized spacial score (nSPS) is 14.5. The van der Waals surface area contributed by atoms with E-state index in [1.807, 2.05) is 32.2 Å². The molecule has 0 N–H and O–H groups in total. The topological polar surface area (TPSA) is 54.3 Å². The third kappa shape index (κ3) is 3.06. The fourth-order valence-electron chi connectivity index (χ4n) is 2.84. The van der Waals surface area contributed by atoms with E-state index in [4.69, 9.17) is 0 Å². The predicted molar refractivity (Wildman–Crippen MR) is 91.0 cm³/mol. The van der Waals surface area contributed by atoms with Crippen LogP contribution < -0.4 is 9.80 Å². The minimum atomic E-state index is -0.113. The maximum Gasteiger partial charge on any atom is 0.278 e. The molecule has 1 saturated heterocycles. The lowest BCUT2D eigenvalue weighted by atomic mass is 10.3. The zero-order chi connectivity index (χ0) is 16.4. The van der Waals surface area contributed by atoms with Crippen LogP contribution in [0.2, 0.25) is 0 Å². The second-order valence-corrected chi connectivity index (χ2v) is 6.18. The van der Waals surface area contributed by atoms with Crippen LogP contribution in [0, 0.1) is 0 Å². The van der Waals surface area contributed by atoms with Gasteiger partial charge in [-0.15, -0.1) is 0 Å². The number of pyridine rings is 1. The van der Waals surface area contributed by atoms with Crippen LogP contribution in [-0.4, -0.2) is 40.8 Å². The molecule has 1 fully saturated rings. The van der Waals surface area contributed by atoms with Gasteiger partial charge in [0.05, 0.1) is 5.69 Å². The van der Waals surface area contributed by atoms with Crippen molar-refractivity contribution in [2.75, 3.05) is 29.9 Å². The summed E-state index contributed by atoms with van der Waals surface area (Å²) in [5.41, 5.74) is 1.29. The summed E-state index contributed by atoms with van der Waals surface area (Å²) < 4.78 is 1.80. The molecule has 0 spiro atoms. The van der Waals surface area contributed by atoms with Crippen LogP contribution >= 0.6 is 0 Å². The molecule has 2 aromatic heterocycles. The Morgan fingerprint density at radius 2 is 2.00 bits per heavy atom. The van der Waals surface area contributed by atoms with Gasteiger partial charge in [0, 0.05) is 38.6 Å². The van der Waals surface area contributed by atoms with Gasteiger partial charge in [-0.1, -0.05) is 0 Å². The number of carbonyl (C=O) groups is 1. The molecule has 0 saturated carbocycles. The molecule has 1 aliphatic heterocycles. The fourth-order valence-corrected chi connectivity index (χ4v) is 2.84. The number of anilines is 2. The lowest BCUT2D eigenvalue weighted by Gasteiger charge is -2.24. The van der Waals surface area contributed by atoms with E-state index in [9.17, 15) is 4.79 Å². The first kappa shape index (κ1) is 15.5. The monoisotopic (exact) mass is 313 g/mol. The summed E-state index contributed by atoms with van der Waals surface area (Å²) in [7, 11) is 1.79. The molecule has 1 amide bonds. The lowest BCUT2D eigenvalue weighted by Crippen LogP contribution is -2.30. The van der Waals surface area contributed by atoms with Crippen molar-refractivity contribution in [1.82, 2.24) is 14.8 Å². The van der Waals surface area contributed by atoms with Gasteiger partial charge in [0.15, 0.2) is 11.5 Å². The van der Waals surface area contributed by atoms with E-state index in [0.717, 1.165) is 24.6 Å². The average molecular weight is 313 g/mol. The molecule has 0 aliphatic carbocycles. The van der Waals surface area contributed by atoms with Gasteiger partial charge in [0.25, 0.3) is 5.91 Å². The highest BCUT2D eigenvalue weighted by atomic mass is 16.2.